The zero-order valence-corrected chi connectivity index (χ0v) is 15.0. The Hall–Kier alpha value is -1.65. The summed E-state index contributed by atoms with van der Waals surface area (Å²) in [6, 6.07) is 12.5. The van der Waals surface area contributed by atoms with Crippen LogP contribution in [0.4, 0.5) is 0 Å². The summed E-state index contributed by atoms with van der Waals surface area (Å²) < 4.78 is 0. The molecule has 3 atom stereocenters. The molecule has 1 saturated carbocycles. The maximum absolute atomic E-state index is 12.9. The number of hydrogen-bond donors (Lipinski definition) is 2. The van der Waals surface area contributed by atoms with Gasteiger partial charge in [-0.05, 0) is 61.2 Å². The van der Waals surface area contributed by atoms with Gasteiger partial charge >= 0.3 is 0 Å². The molecule has 1 fully saturated rings. The lowest BCUT2D eigenvalue weighted by molar-refractivity contribution is -0.126. The average Bonchev–Trinajstić information content (AvgIpc) is 3.23. The monoisotopic (exact) mass is 342 g/mol. The van der Waals surface area contributed by atoms with Crippen LogP contribution in [0, 0.1) is 18.8 Å². The van der Waals surface area contributed by atoms with Gasteiger partial charge in [0.05, 0.1) is 6.04 Å². The molecule has 1 aliphatic rings. The molecule has 1 unspecified atom stereocenters. The minimum absolute atomic E-state index is 0.0407. The van der Waals surface area contributed by atoms with Crippen molar-refractivity contribution in [3.8, 4) is 0 Å². The zero-order chi connectivity index (χ0) is 16.9. The highest BCUT2D eigenvalue weighted by Crippen LogP contribution is 2.33. The fourth-order valence-electron chi connectivity index (χ4n) is 3.74. The van der Waals surface area contributed by atoms with Gasteiger partial charge in [-0.1, -0.05) is 36.8 Å². The van der Waals surface area contributed by atoms with Crippen molar-refractivity contribution in [2.75, 3.05) is 6.54 Å². The lowest BCUT2D eigenvalue weighted by Crippen LogP contribution is -2.38. The molecule has 3 N–H and O–H groups in total. The van der Waals surface area contributed by atoms with Gasteiger partial charge in [-0.3, -0.25) is 4.79 Å². The van der Waals surface area contributed by atoms with E-state index >= 15 is 0 Å². The largest absolute Gasteiger partial charge is 0.348 e. The van der Waals surface area contributed by atoms with Crippen LogP contribution >= 0.6 is 11.3 Å². The molecule has 128 valence electrons. The van der Waals surface area contributed by atoms with Crippen LogP contribution in [0.3, 0.4) is 0 Å². The second kappa shape index (κ2) is 7.95. The van der Waals surface area contributed by atoms with Crippen LogP contribution < -0.4 is 11.1 Å². The van der Waals surface area contributed by atoms with Crippen molar-refractivity contribution in [1.82, 2.24) is 5.32 Å². The molecule has 2 aromatic rings. The molecular weight excluding hydrogens is 316 g/mol. The third kappa shape index (κ3) is 3.87. The van der Waals surface area contributed by atoms with Gasteiger partial charge in [-0.25, -0.2) is 0 Å². The molecule has 1 amide bonds. The molecule has 4 heteroatoms. The summed E-state index contributed by atoms with van der Waals surface area (Å²) in [5.74, 6) is 0.594. The molecule has 0 bridgehead atoms. The van der Waals surface area contributed by atoms with E-state index in [2.05, 4.69) is 48.0 Å². The summed E-state index contributed by atoms with van der Waals surface area (Å²) in [5.41, 5.74) is 8.36. The predicted octanol–water partition coefficient (Wildman–Crippen LogP) is 3.83. The Bertz CT molecular complexity index is 667. The normalized spacial score (nSPS) is 21.6. The number of nitrogens with two attached hydrogens (primary N) is 1. The molecule has 3 nitrogen and oxygen atoms in total. The number of thiophene rings is 1. The molecule has 1 heterocycles. The zero-order valence-electron chi connectivity index (χ0n) is 14.2. The summed E-state index contributed by atoms with van der Waals surface area (Å²) >= 11 is 1.73. The molecule has 0 saturated heterocycles. The summed E-state index contributed by atoms with van der Waals surface area (Å²) in [6.07, 6.45) is 3.99. The Morgan fingerprint density at radius 2 is 2.08 bits per heavy atom. The number of amides is 1. The fraction of sp³-hybridized carbons (Fsp3) is 0.450. The molecule has 0 aliphatic heterocycles. The first kappa shape index (κ1) is 17.2. The molecule has 0 radical (unpaired) electrons. The smallest absolute Gasteiger partial charge is 0.223 e. The van der Waals surface area contributed by atoms with Crippen LogP contribution in [0.5, 0.6) is 0 Å². The van der Waals surface area contributed by atoms with Crippen molar-refractivity contribution in [3.05, 3.63) is 57.8 Å². The van der Waals surface area contributed by atoms with Gasteiger partial charge < -0.3 is 11.1 Å². The minimum atomic E-state index is 0.0407. The van der Waals surface area contributed by atoms with Crippen LogP contribution in [-0.4, -0.2) is 12.5 Å². The molecule has 1 aliphatic carbocycles. The number of carbonyl (C=O) groups excluding carboxylic acids is 1. The highest BCUT2D eigenvalue weighted by Gasteiger charge is 2.33. The average molecular weight is 343 g/mol. The maximum atomic E-state index is 12.9. The van der Waals surface area contributed by atoms with Gasteiger partial charge in [-0.15, -0.1) is 11.3 Å². The van der Waals surface area contributed by atoms with E-state index in [1.165, 1.54) is 16.0 Å². The SMILES string of the molecule is Cc1ccsc1C(Cc1ccccc1)NC(=O)[C@@H]1CCC[C@@H]1CN. The number of rotatable bonds is 6. The molecule has 3 rings (SSSR count). The van der Waals surface area contributed by atoms with E-state index in [0.717, 1.165) is 25.7 Å². The fourth-order valence-corrected chi connectivity index (χ4v) is 4.72. The number of hydrogen-bond acceptors (Lipinski definition) is 3. The van der Waals surface area contributed by atoms with Crippen molar-refractivity contribution in [2.45, 2.75) is 38.6 Å². The van der Waals surface area contributed by atoms with E-state index in [0.29, 0.717) is 12.5 Å². The molecule has 24 heavy (non-hydrogen) atoms. The quantitative estimate of drug-likeness (QED) is 0.838. The van der Waals surface area contributed by atoms with Gasteiger partial charge in [0, 0.05) is 10.8 Å². The number of carbonyl (C=O) groups is 1. The second-order valence-corrected chi connectivity index (χ2v) is 7.70. The Kier molecular flexibility index (Phi) is 5.69. The van der Waals surface area contributed by atoms with Crippen molar-refractivity contribution in [1.29, 1.82) is 0 Å². The van der Waals surface area contributed by atoms with Crippen LogP contribution in [0.25, 0.3) is 0 Å². The first-order chi connectivity index (χ1) is 11.7. The molecule has 1 aromatic heterocycles. The lowest BCUT2D eigenvalue weighted by atomic mass is 9.94. The highest BCUT2D eigenvalue weighted by atomic mass is 32.1. The summed E-state index contributed by atoms with van der Waals surface area (Å²) in [5, 5.41) is 5.44. The van der Waals surface area contributed by atoms with Gasteiger partial charge in [0.15, 0.2) is 0 Å². The highest BCUT2D eigenvalue weighted by molar-refractivity contribution is 7.10. The van der Waals surface area contributed by atoms with Crippen molar-refractivity contribution < 1.29 is 4.79 Å². The Morgan fingerprint density at radius 3 is 2.75 bits per heavy atom. The second-order valence-electron chi connectivity index (χ2n) is 6.75. The third-order valence-electron chi connectivity index (χ3n) is 5.12. The lowest BCUT2D eigenvalue weighted by Gasteiger charge is -2.23. The van der Waals surface area contributed by atoms with Crippen LogP contribution in [0.1, 0.15) is 41.3 Å². The van der Waals surface area contributed by atoms with Gasteiger partial charge in [0.1, 0.15) is 0 Å². The van der Waals surface area contributed by atoms with E-state index in [-0.39, 0.29) is 17.9 Å². The van der Waals surface area contributed by atoms with Crippen molar-refractivity contribution in [2.24, 2.45) is 17.6 Å². The first-order valence-corrected chi connectivity index (χ1v) is 9.65. The van der Waals surface area contributed by atoms with E-state index < -0.39 is 0 Å². The number of nitrogens with one attached hydrogen (secondary N) is 1. The van der Waals surface area contributed by atoms with Gasteiger partial charge in [0.25, 0.3) is 0 Å². The summed E-state index contributed by atoms with van der Waals surface area (Å²) in [6.45, 7) is 2.73. The molecule has 0 spiro atoms. The van der Waals surface area contributed by atoms with E-state index in [1.807, 2.05) is 6.07 Å². The van der Waals surface area contributed by atoms with Crippen LogP contribution in [0.15, 0.2) is 41.8 Å². The van der Waals surface area contributed by atoms with Crippen molar-refractivity contribution >= 4 is 17.2 Å². The minimum Gasteiger partial charge on any atom is -0.348 e. The van der Waals surface area contributed by atoms with E-state index in [1.54, 1.807) is 11.3 Å². The standard InChI is InChI=1S/C20H26N2OS/c1-14-10-11-24-19(14)18(12-15-6-3-2-4-7-15)22-20(23)17-9-5-8-16(17)13-21/h2-4,6-7,10-11,16-18H,5,8-9,12-13,21H2,1H3,(H,22,23)/t16-,17-,18?/m1/s1. The number of aryl methyl sites for hydroxylation is 1. The van der Waals surface area contributed by atoms with Crippen LogP contribution in [0.2, 0.25) is 0 Å². The Labute approximate surface area is 148 Å². The van der Waals surface area contributed by atoms with Crippen LogP contribution in [-0.2, 0) is 11.2 Å². The summed E-state index contributed by atoms with van der Waals surface area (Å²) in [7, 11) is 0. The van der Waals surface area contributed by atoms with Crippen molar-refractivity contribution in [3.63, 3.8) is 0 Å². The molecular formula is C20H26N2OS. The molecule has 1 aromatic carbocycles. The summed E-state index contributed by atoms with van der Waals surface area (Å²) in [4.78, 5) is 14.1. The topological polar surface area (TPSA) is 55.1 Å². The number of benzene rings is 1. The van der Waals surface area contributed by atoms with Gasteiger partial charge in [-0.2, -0.15) is 0 Å². The maximum Gasteiger partial charge on any atom is 0.223 e. The van der Waals surface area contributed by atoms with E-state index in [4.69, 9.17) is 5.73 Å². The van der Waals surface area contributed by atoms with Gasteiger partial charge in [0.2, 0.25) is 5.91 Å². The third-order valence-corrected chi connectivity index (χ3v) is 6.25. The predicted molar refractivity (Wildman–Crippen MR) is 100.0 cm³/mol. The Morgan fingerprint density at radius 1 is 1.29 bits per heavy atom. The van der Waals surface area contributed by atoms with E-state index in [9.17, 15) is 4.79 Å². The Balaban J connectivity index is 1.77. The first-order valence-electron chi connectivity index (χ1n) is 8.77.